The summed E-state index contributed by atoms with van der Waals surface area (Å²) in [5.74, 6) is -0.0406. The Bertz CT molecular complexity index is 534. The molecule has 120 valence electrons. The van der Waals surface area contributed by atoms with Gasteiger partial charge in [-0.3, -0.25) is 9.59 Å². The van der Waals surface area contributed by atoms with Gasteiger partial charge < -0.3 is 10.2 Å². The van der Waals surface area contributed by atoms with Crippen molar-refractivity contribution in [1.82, 2.24) is 10.2 Å². The highest BCUT2D eigenvalue weighted by atomic mass is 16.2. The van der Waals surface area contributed by atoms with Gasteiger partial charge >= 0.3 is 0 Å². The van der Waals surface area contributed by atoms with Crippen molar-refractivity contribution < 1.29 is 9.59 Å². The number of carbonyl (C=O) groups is 2. The molecule has 0 radical (unpaired) electrons. The smallest absolute Gasteiger partial charge is 0.252 e. The van der Waals surface area contributed by atoms with Gasteiger partial charge in [-0.05, 0) is 43.7 Å². The zero-order chi connectivity index (χ0) is 16.1. The van der Waals surface area contributed by atoms with E-state index in [0.717, 1.165) is 31.5 Å². The number of piperidine rings is 1. The monoisotopic (exact) mass is 302 g/mol. The highest BCUT2D eigenvalue weighted by Gasteiger charge is 2.29. The van der Waals surface area contributed by atoms with Crippen molar-refractivity contribution in [3.05, 3.63) is 35.4 Å². The molecule has 0 aliphatic carbocycles. The summed E-state index contributed by atoms with van der Waals surface area (Å²) in [7, 11) is 0. The van der Waals surface area contributed by atoms with Crippen LogP contribution in [0, 0.1) is 12.8 Å². The Hall–Kier alpha value is -1.84. The SMILES string of the molecule is Cc1ccccc1C(=O)NC(C(=O)N1CCCCC1)C(C)C. The third-order valence-corrected chi connectivity index (χ3v) is 4.28. The fourth-order valence-electron chi connectivity index (χ4n) is 2.87. The molecule has 4 nitrogen and oxygen atoms in total. The van der Waals surface area contributed by atoms with Gasteiger partial charge in [-0.1, -0.05) is 32.0 Å². The van der Waals surface area contributed by atoms with Crippen LogP contribution >= 0.6 is 0 Å². The maximum absolute atomic E-state index is 12.7. The molecule has 0 spiro atoms. The Kier molecular flexibility index (Phi) is 5.58. The Morgan fingerprint density at radius 1 is 1.09 bits per heavy atom. The minimum atomic E-state index is -0.454. The molecule has 2 rings (SSSR count). The number of amides is 2. The quantitative estimate of drug-likeness (QED) is 0.929. The van der Waals surface area contributed by atoms with Crippen molar-refractivity contribution in [3.63, 3.8) is 0 Å². The predicted octanol–water partition coefficient (Wildman–Crippen LogP) is 2.76. The molecule has 1 saturated heterocycles. The second kappa shape index (κ2) is 7.43. The van der Waals surface area contributed by atoms with Crippen molar-refractivity contribution in [2.75, 3.05) is 13.1 Å². The number of hydrogen-bond acceptors (Lipinski definition) is 2. The standard InChI is InChI=1S/C18H26N2O2/c1-13(2)16(18(22)20-11-7-4-8-12-20)19-17(21)15-10-6-5-9-14(15)3/h5-6,9-10,13,16H,4,7-8,11-12H2,1-3H3,(H,19,21). The molecular formula is C18H26N2O2. The van der Waals surface area contributed by atoms with Gasteiger partial charge in [0.1, 0.15) is 6.04 Å². The molecule has 4 heteroatoms. The third-order valence-electron chi connectivity index (χ3n) is 4.28. The fourth-order valence-corrected chi connectivity index (χ4v) is 2.87. The molecular weight excluding hydrogens is 276 g/mol. The summed E-state index contributed by atoms with van der Waals surface area (Å²) >= 11 is 0. The topological polar surface area (TPSA) is 49.4 Å². The van der Waals surface area contributed by atoms with Crippen LogP contribution < -0.4 is 5.32 Å². The van der Waals surface area contributed by atoms with E-state index in [-0.39, 0.29) is 17.7 Å². The van der Waals surface area contributed by atoms with Crippen molar-refractivity contribution >= 4 is 11.8 Å². The van der Waals surface area contributed by atoms with Crippen LogP contribution in [0.3, 0.4) is 0 Å². The van der Waals surface area contributed by atoms with Crippen LogP contribution in [0.15, 0.2) is 24.3 Å². The lowest BCUT2D eigenvalue weighted by Crippen LogP contribution is -2.52. The molecule has 22 heavy (non-hydrogen) atoms. The van der Waals surface area contributed by atoms with Crippen LogP contribution in [-0.2, 0) is 4.79 Å². The Morgan fingerprint density at radius 3 is 2.32 bits per heavy atom. The third kappa shape index (κ3) is 3.87. The number of benzene rings is 1. The summed E-state index contributed by atoms with van der Waals surface area (Å²) in [5.41, 5.74) is 1.56. The minimum Gasteiger partial charge on any atom is -0.341 e. The summed E-state index contributed by atoms with van der Waals surface area (Å²) in [5, 5.41) is 2.94. The van der Waals surface area contributed by atoms with Gasteiger partial charge in [-0.25, -0.2) is 0 Å². The zero-order valence-electron chi connectivity index (χ0n) is 13.8. The average molecular weight is 302 g/mol. The van der Waals surface area contributed by atoms with Crippen LogP contribution in [0.25, 0.3) is 0 Å². The zero-order valence-corrected chi connectivity index (χ0v) is 13.8. The van der Waals surface area contributed by atoms with Crippen LogP contribution in [0.2, 0.25) is 0 Å². The van der Waals surface area contributed by atoms with E-state index >= 15 is 0 Å². The van der Waals surface area contributed by atoms with E-state index in [1.165, 1.54) is 6.42 Å². The van der Waals surface area contributed by atoms with Gasteiger partial charge in [0.2, 0.25) is 5.91 Å². The van der Waals surface area contributed by atoms with E-state index in [9.17, 15) is 9.59 Å². The average Bonchev–Trinajstić information content (AvgIpc) is 2.52. The first kappa shape index (κ1) is 16.5. The molecule has 0 saturated carbocycles. The molecule has 1 N–H and O–H groups in total. The number of nitrogens with zero attached hydrogens (tertiary/aromatic N) is 1. The summed E-state index contributed by atoms with van der Waals surface area (Å²) in [6, 6.07) is 7.01. The summed E-state index contributed by atoms with van der Waals surface area (Å²) < 4.78 is 0. The van der Waals surface area contributed by atoms with E-state index in [0.29, 0.717) is 5.56 Å². The number of carbonyl (C=O) groups excluding carboxylic acids is 2. The second-order valence-electron chi connectivity index (χ2n) is 6.40. The molecule has 0 aromatic heterocycles. The maximum Gasteiger partial charge on any atom is 0.252 e. The Balaban J connectivity index is 2.10. The highest BCUT2D eigenvalue weighted by Crippen LogP contribution is 2.15. The first-order chi connectivity index (χ1) is 10.5. The first-order valence-corrected chi connectivity index (χ1v) is 8.16. The molecule has 1 aromatic rings. The van der Waals surface area contributed by atoms with Crippen molar-refractivity contribution in [2.24, 2.45) is 5.92 Å². The van der Waals surface area contributed by atoms with Gasteiger partial charge in [0.15, 0.2) is 0 Å². The number of hydrogen-bond donors (Lipinski definition) is 1. The number of likely N-dealkylation sites (tertiary alicyclic amines) is 1. The molecule has 1 heterocycles. The lowest BCUT2D eigenvalue weighted by Gasteiger charge is -2.32. The number of rotatable bonds is 4. The number of nitrogens with one attached hydrogen (secondary N) is 1. The van der Waals surface area contributed by atoms with E-state index in [2.05, 4.69) is 5.32 Å². The van der Waals surface area contributed by atoms with Gasteiger partial charge in [0.25, 0.3) is 5.91 Å². The van der Waals surface area contributed by atoms with Crippen molar-refractivity contribution in [3.8, 4) is 0 Å². The molecule has 1 unspecified atom stereocenters. The molecule has 0 bridgehead atoms. The second-order valence-corrected chi connectivity index (χ2v) is 6.40. The lowest BCUT2D eigenvalue weighted by atomic mass is 10.00. The molecule has 1 aliphatic heterocycles. The molecule has 1 atom stereocenters. The van der Waals surface area contributed by atoms with E-state index in [1.54, 1.807) is 6.07 Å². The summed E-state index contributed by atoms with van der Waals surface area (Å²) in [4.78, 5) is 27.1. The highest BCUT2D eigenvalue weighted by molar-refractivity contribution is 5.98. The Morgan fingerprint density at radius 2 is 1.73 bits per heavy atom. The van der Waals surface area contributed by atoms with Crippen LogP contribution in [0.1, 0.15) is 49.0 Å². The molecule has 1 fully saturated rings. The van der Waals surface area contributed by atoms with E-state index in [1.807, 2.05) is 43.9 Å². The summed E-state index contributed by atoms with van der Waals surface area (Å²) in [6.45, 7) is 7.48. The van der Waals surface area contributed by atoms with Gasteiger partial charge in [-0.15, -0.1) is 0 Å². The van der Waals surface area contributed by atoms with Crippen molar-refractivity contribution in [2.45, 2.75) is 46.1 Å². The molecule has 2 amide bonds. The minimum absolute atomic E-state index is 0.0524. The molecule has 1 aliphatic rings. The fraction of sp³-hybridized carbons (Fsp3) is 0.556. The van der Waals surface area contributed by atoms with Gasteiger partial charge in [0, 0.05) is 18.7 Å². The van der Waals surface area contributed by atoms with Crippen LogP contribution in [0.4, 0.5) is 0 Å². The normalized spacial score (nSPS) is 16.5. The van der Waals surface area contributed by atoms with Gasteiger partial charge in [-0.2, -0.15) is 0 Å². The lowest BCUT2D eigenvalue weighted by molar-refractivity contribution is -0.135. The van der Waals surface area contributed by atoms with Crippen LogP contribution in [0.5, 0.6) is 0 Å². The summed E-state index contributed by atoms with van der Waals surface area (Å²) in [6.07, 6.45) is 3.30. The largest absolute Gasteiger partial charge is 0.341 e. The predicted molar refractivity (Wildman–Crippen MR) is 87.7 cm³/mol. The number of aryl methyl sites for hydroxylation is 1. The first-order valence-electron chi connectivity index (χ1n) is 8.16. The van der Waals surface area contributed by atoms with E-state index in [4.69, 9.17) is 0 Å². The maximum atomic E-state index is 12.7. The molecule has 1 aromatic carbocycles. The van der Waals surface area contributed by atoms with Crippen LogP contribution in [-0.4, -0.2) is 35.8 Å². The van der Waals surface area contributed by atoms with E-state index < -0.39 is 6.04 Å². The van der Waals surface area contributed by atoms with Crippen molar-refractivity contribution in [1.29, 1.82) is 0 Å². The Labute approximate surface area is 132 Å². The van der Waals surface area contributed by atoms with Gasteiger partial charge in [0.05, 0.1) is 0 Å².